The molecule has 0 fully saturated rings. The summed E-state index contributed by atoms with van der Waals surface area (Å²) in [5.74, 6) is -0.723. The second-order valence-electron chi connectivity index (χ2n) is 3.55. The van der Waals surface area contributed by atoms with Crippen LogP contribution < -0.4 is 0 Å². The Morgan fingerprint density at radius 3 is 2.50 bits per heavy atom. The molecule has 2 atom stereocenters. The smallest absolute Gasteiger partial charge is 0.258 e. The third-order valence-corrected chi connectivity index (χ3v) is 3.65. The third-order valence-electron chi connectivity index (χ3n) is 2.45. The summed E-state index contributed by atoms with van der Waals surface area (Å²) in [5, 5.41) is 10.6. The van der Waals surface area contributed by atoms with Crippen LogP contribution in [0.25, 0.3) is 0 Å². The van der Waals surface area contributed by atoms with Gasteiger partial charge in [-0.05, 0) is 35.6 Å². The largest absolute Gasteiger partial charge is 0.274 e. The molecule has 0 amide bonds. The Morgan fingerprint density at radius 1 is 1.50 bits per heavy atom. The van der Waals surface area contributed by atoms with Crippen molar-refractivity contribution in [1.29, 1.82) is 0 Å². The summed E-state index contributed by atoms with van der Waals surface area (Å²) in [7, 11) is 0. The number of hydrogen-bond acceptors (Lipinski definition) is 2. The number of nitro groups is 1. The quantitative estimate of drug-likeness (QED) is 0.354. The molecule has 88 valence electrons. The van der Waals surface area contributed by atoms with E-state index in [0.29, 0.717) is 5.56 Å². The van der Waals surface area contributed by atoms with Gasteiger partial charge in [0, 0.05) is 22.9 Å². The molecule has 0 N–H and O–H groups in total. The van der Waals surface area contributed by atoms with Gasteiger partial charge in [-0.25, -0.2) is 4.39 Å². The molecule has 0 aliphatic carbocycles. The van der Waals surface area contributed by atoms with E-state index in [1.54, 1.807) is 36.4 Å². The van der Waals surface area contributed by atoms with Crippen molar-refractivity contribution in [2.75, 3.05) is 0 Å². The van der Waals surface area contributed by atoms with Crippen molar-refractivity contribution in [2.24, 2.45) is 0 Å². The van der Waals surface area contributed by atoms with E-state index in [-0.39, 0.29) is 20.6 Å². The predicted octanol–water partition coefficient (Wildman–Crippen LogP) is 4.07. The van der Waals surface area contributed by atoms with Gasteiger partial charge in [0.25, 0.3) is 5.69 Å². The summed E-state index contributed by atoms with van der Waals surface area (Å²) in [6.45, 7) is 3.47. The van der Waals surface area contributed by atoms with Gasteiger partial charge in [0.15, 0.2) is 0 Å². The van der Waals surface area contributed by atoms with Gasteiger partial charge in [-0.15, -0.1) is 11.6 Å². The van der Waals surface area contributed by atoms with E-state index in [0.717, 1.165) is 0 Å². The zero-order valence-corrected chi connectivity index (χ0v) is 11.6. The number of alkyl halides is 1. The maximum absolute atomic E-state index is 13.4. The van der Waals surface area contributed by atoms with Gasteiger partial charge in [0.1, 0.15) is 5.82 Å². The number of hydrogen-bond donors (Lipinski definition) is 0. The first kappa shape index (κ1) is 13.6. The molecule has 0 radical (unpaired) electrons. The lowest BCUT2D eigenvalue weighted by Gasteiger charge is -2.14. The molecule has 0 aliphatic rings. The van der Waals surface area contributed by atoms with E-state index in [1.807, 2.05) is 0 Å². The zero-order chi connectivity index (χ0) is 12.5. The molecule has 1 aromatic carbocycles. The van der Waals surface area contributed by atoms with Crippen molar-refractivity contribution in [3.05, 3.63) is 37.2 Å². The molecule has 0 bridgehead atoms. The fourth-order valence-corrected chi connectivity index (χ4v) is 1.91. The van der Waals surface area contributed by atoms with Crippen molar-refractivity contribution in [3.63, 3.8) is 0 Å². The summed E-state index contributed by atoms with van der Waals surface area (Å²) in [6, 6.07) is 2.43. The van der Waals surface area contributed by atoms with Gasteiger partial charge in [-0.3, -0.25) is 10.1 Å². The van der Waals surface area contributed by atoms with Gasteiger partial charge >= 0.3 is 0 Å². The zero-order valence-electron chi connectivity index (χ0n) is 8.71. The molecular weight excluding hydrogens is 347 g/mol. The number of benzene rings is 1. The van der Waals surface area contributed by atoms with Crippen LogP contribution in [0.2, 0.25) is 0 Å². The van der Waals surface area contributed by atoms with Crippen LogP contribution in [-0.2, 0) is 0 Å². The summed E-state index contributed by atoms with van der Waals surface area (Å²) in [4.78, 5) is 10.3. The molecule has 0 saturated carbocycles. The number of halogens is 3. The van der Waals surface area contributed by atoms with Crippen molar-refractivity contribution in [3.8, 4) is 0 Å². The Balaban J connectivity index is 3.36. The van der Waals surface area contributed by atoms with Gasteiger partial charge in [-0.2, -0.15) is 0 Å². The SMILES string of the molecule is CC(Cl)C(C)c1cc(F)c(I)cc1[N+](=O)[O-]. The molecule has 0 aromatic heterocycles. The summed E-state index contributed by atoms with van der Waals surface area (Å²) >= 11 is 7.61. The second-order valence-corrected chi connectivity index (χ2v) is 5.40. The van der Waals surface area contributed by atoms with Crippen molar-refractivity contribution in [2.45, 2.75) is 25.1 Å². The van der Waals surface area contributed by atoms with E-state index < -0.39 is 10.7 Å². The van der Waals surface area contributed by atoms with Crippen LogP contribution >= 0.6 is 34.2 Å². The minimum Gasteiger partial charge on any atom is -0.258 e. The Kier molecular flexibility index (Phi) is 4.49. The van der Waals surface area contributed by atoms with E-state index in [4.69, 9.17) is 11.6 Å². The lowest BCUT2D eigenvalue weighted by atomic mass is 9.96. The Hall–Kier alpha value is -0.430. The van der Waals surface area contributed by atoms with E-state index in [1.165, 1.54) is 12.1 Å². The molecule has 0 aliphatic heterocycles. The normalized spacial score (nSPS) is 14.6. The van der Waals surface area contributed by atoms with E-state index >= 15 is 0 Å². The standard InChI is InChI=1S/C10H10ClFINO2/c1-5(6(2)11)7-3-8(12)9(13)4-10(7)14(15)16/h3-6H,1-2H3. The number of rotatable bonds is 3. The maximum atomic E-state index is 13.4. The molecule has 2 unspecified atom stereocenters. The average Bonchev–Trinajstić information content (AvgIpc) is 2.19. The first-order valence-electron chi connectivity index (χ1n) is 4.62. The third kappa shape index (κ3) is 2.82. The predicted molar refractivity (Wildman–Crippen MR) is 69.5 cm³/mol. The minimum atomic E-state index is -0.507. The van der Waals surface area contributed by atoms with Gasteiger partial charge in [-0.1, -0.05) is 6.92 Å². The fourth-order valence-electron chi connectivity index (χ4n) is 1.32. The van der Waals surface area contributed by atoms with Crippen LogP contribution in [0.3, 0.4) is 0 Å². The minimum absolute atomic E-state index is 0.0780. The fraction of sp³-hybridized carbons (Fsp3) is 0.400. The van der Waals surface area contributed by atoms with Gasteiger partial charge < -0.3 is 0 Å². The Morgan fingerprint density at radius 2 is 2.06 bits per heavy atom. The van der Waals surface area contributed by atoms with Crippen LogP contribution in [0.5, 0.6) is 0 Å². The lowest BCUT2D eigenvalue weighted by molar-refractivity contribution is -0.385. The van der Waals surface area contributed by atoms with E-state index in [2.05, 4.69) is 0 Å². The summed E-state index contributed by atoms with van der Waals surface area (Å²) < 4.78 is 13.6. The molecule has 0 heterocycles. The van der Waals surface area contributed by atoms with Crippen LogP contribution in [0.1, 0.15) is 25.3 Å². The molecule has 3 nitrogen and oxygen atoms in total. The molecule has 0 spiro atoms. The first-order chi connectivity index (χ1) is 7.34. The summed E-state index contributed by atoms with van der Waals surface area (Å²) in [6.07, 6.45) is 0. The highest BCUT2D eigenvalue weighted by Crippen LogP contribution is 2.33. The second kappa shape index (κ2) is 5.27. The van der Waals surface area contributed by atoms with Crippen molar-refractivity contribution < 1.29 is 9.31 Å². The van der Waals surface area contributed by atoms with Gasteiger partial charge in [0.05, 0.1) is 8.49 Å². The molecule has 0 saturated heterocycles. The van der Waals surface area contributed by atoms with Gasteiger partial charge in [0.2, 0.25) is 0 Å². The van der Waals surface area contributed by atoms with Crippen LogP contribution in [0, 0.1) is 19.5 Å². The molecule has 16 heavy (non-hydrogen) atoms. The van der Waals surface area contributed by atoms with Crippen molar-refractivity contribution >= 4 is 39.9 Å². The maximum Gasteiger partial charge on any atom is 0.274 e. The molecular formula is C10H10ClFINO2. The van der Waals surface area contributed by atoms with Crippen LogP contribution in [0.15, 0.2) is 12.1 Å². The molecule has 1 aromatic rings. The van der Waals surface area contributed by atoms with Crippen molar-refractivity contribution in [1.82, 2.24) is 0 Å². The summed E-state index contributed by atoms with van der Waals surface area (Å²) in [5.41, 5.74) is 0.260. The highest BCUT2D eigenvalue weighted by Gasteiger charge is 2.24. The average molecular weight is 358 g/mol. The number of nitro benzene ring substituents is 1. The topological polar surface area (TPSA) is 43.1 Å². The Bertz CT molecular complexity index is 426. The highest BCUT2D eigenvalue weighted by molar-refractivity contribution is 14.1. The van der Waals surface area contributed by atoms with Crippen LogP contribution in [0.4, 0.5) is 10.1 Å². The highest BCUT2D eigenvalue weighted by atomic mass is 127. The Labute approximate surface area is 111 Å². The monoisotopic (exact) mass is 357 g/mol. The van der Waals surface area contributed by atoms with E-state index in [9.17, 15) is 14.5 Å². The number of nitrogens with zero attached hydrogens (tertiary/aromatic N) is 1. The molecule has 1 rings (SSSR count). The molecule has 6 heteroatoms. The first-order valence-corrected chi connectivity index (χ1v) is 6.13. The lowest BCUT2D eigenvalue weighted by Crippen LogP contribution is -2.09. The van der Waals surface area contributed by atoms with Crippen LogP contribution in [-0.4, -0.2) is 10.3 Å².